The van der Waals surface area contributed by atoms with E-state index < -0.39 is 27.7 Å². The smallest absolute Gasteiger partial charge is 0.416 e. The van der Waals surface area contributed by atoms with Gasteiger partial charge in [-0.15, -0.1) is 0 Å². The van der Waals surface area contributed by atoms with Crippen LogP contribution in [0.3, 0.4) is 0 Å². The Bertz CT molecular complexity index is 972. The molecule has 1 N–H and O–H groups in total. The molecule has 0 aromatic heterocycles. The highest BCUT2D eigenvalue weighted by Gasteiger charge is 2.31. The third-order valence-corrected chi connectivity index (χ3v) is 5.74. The monoisotopic (exact) mass is 430 g/mol. The van der Waals surface area contributed by atoms with Crippen molar-refractivity contribution in [2.24, 2.45) is 0 Å². The van der Waals surface area contributed by atoms with Gasteiger partial charge >= 0.3 is 6.18 Å². The molecule has 0 bridgehead atoms. The van der Waals surface area contributed by atoms with Crippen molar-refractivity contribution in [2.45, 2.75) is 24.4 Å². The summed E-state index contributed by atoms with van der Waals surface area (Å²) >= 11 is 0. The second-order valence-corrected chi connectivity index (χ2v) is 8.47. The van der Waals surface area contributed by atoms with Crippen molar-refractivity contribution in [1.29, 1.82) is 0 Å². The third-order valence-electron chi connectivity index (χ3n) is 3.91. The molecule has 0 atom stereocenters. The molecule has 0 saturated carbocycles. The van der Waals surface area contributed by atoms with E-state index in [0.29, 0.717) is 6.42 Å². The average Bonchev–Trinajstić information content (AvgIpc) is 2.66. The molecule has 2 aromatic carbocycles. The van der Waals surface area contributed by atoms with Gasteiger partial charge in [0.2, 0.25) is 10.0 Å². The van der Waals surface area contributed by atoms with Crippen LogP contribution in [0.1, 0.15) is 29.3 Å². The van der Waals surface area contributed by atoms with Gasteiger partial charge in [0, 0.05) is 19.7 Å². The topological polar surface area (TPSA) is 75.7 Å². The van der Waals surface area contributed by atoms with E-state index in [9.17, 15) is 26.4 Å². The van der Waals surface area contributed by atoms with Crippen LogP contribution in [0.4, 0.5) is 18.9 Å². The Morgan fingerprint density at radius 2 is 1.72 bits per heavy atom. The summed E-state index contributed by atoms with van der Waals surface area (Å²) in [6.45, 7) is 2.11. The lowest BCUT2D eigenvalue weighted by atomic mass is 10.1. The van der Waals surface area contributed by atoms with E-state index in [1.807, 2.05) is 6.92 Å². The summed E-state index contributed by atoms with van der Waals surface area (Å²) in [5.41, 5.74) is -0.964. The van der Waals surface area contributed by atoms with Crippen LogP contribution in [0.15, 0.2) is 47.4 Å². The summed E-state index contributed by atoms with van der Waals surface area (Å²) in [6, 6.07) is 7.91. The van der Waals surface area contributed by atoms with Gasteiger partial charge in [0.05, 0.1) is 22.8 Å². The van der Waals surface area contributed by atoms with Crippen molar-refractivity contribution in [3.05, 3.63) is 53.6 Å². The first-order chi connectivity index (χ1) is 13.5. The highest BCUT2D eigenvalue weighted by atomic mass is 32.2. The molecule has 29 heavy (non-hydrogen) atoms. The van der Waals surface area contributed by atoms with Gasteiger partial charge in [0.15, 0.2) is 0 Å². The number of sulfonamides is 1. The van der Waals surface area contributed by atoms with E-state index in [4.69, 9.17) is 4.74 Å². The Morgan fingerprint density at radius 3 is 2.24 bits per heavy atom. The average molecular weight is 430 g/mol. The fraction of sp³-hybridized carbons (Fsp3) is 0.316. The first-order valence-corrected chi connectivity index (χ1v) is 10.1. The van der Waals surface area contributed by atoms with Gasteiger partial charge in [-0.1, -0.05) is 6.92 Å². The molecular formula is C19H21F3N2O4S. The number of carbonyl (C=O) groups is 1. The molecule has 0 unspecified atom stereocenters. The molecule has 0 spiro atoms. The number of ether oxygens (including phenoxy) is 1. The Kier molecular flexibility index (Phi) is 6.91. The second kappa shape index (κ2) is 8.83. The van der Waals surface area contributed by atoms with Crippen molar-refractivity contribution in [3.8, 4) is 5.75 Å². The normalized spacial score (nSPS) is 12.1. The Balaban J connectivity index is 2.31. The first-order valence-electron chi connectivity index (χ1n) is 8.64. The van der Waals surface area contributed by atoms with Crippen LogP contribution < -0.4 is 10.1 Å². The maximum Gasteiger partial charge on any atom is 0.416 e. The minimum absolute atomic E-state index is 0.00918. The molecule has 2 rings (SSSR count). The summed E-state index contributed by atoms with van der Waals surface area (Å²) in [7, 11) is -0.908. The number of nitrogens with zero attached hydrogens (tertiary/aromatic N) is 1. The number of halogens is 3. The molecule has 10 heteroatoms. The van der Waals surface area contributed by atoms with E-state index in [0.717, 1.165) is 22.5 Å². The highest BCUT2D eigenvalue weighted by Crippen LogP contribution is 2.35. The quantitative estimate of drug-likeness (QED) is 0.721. The van der Waals surface area contributed by atoms with Gasteiger partial charge in [0.25, 0.3) is 5.91 Å². The number of hydrogen-bond acceptors (Lipinski definition) is 4. The van der Waals surface area contributed by atoms with Crippen molar-refractivity contribution < 1.29 is 31.1 Å². The number of nitrogens with one attached hydrogen (secondary N) is 1. The van der Waals surface area contributed by atoms with Gasteiger partial charge in [-0.2, -0.15) is 13.2 Å². The molecule has 0 aliphatic heterocycles. The van der Waals surface area contributed by atoms with Crippen LogP contribution >= 0.6 is 0 Å². The van der Waals surface area contributed by atoms with Gasteiger partial charge < -0.3 is 10.1 Å². The minimum Gasteiger partial charge on any atom is -0.491 e. The molecule has 158 valence electrons. The molecule has 0 saturated heterocycles. The molecule has 0 aliphatic carbocycles. The lowest BCUT2D eigenvalue weighted by Crippen LogP contribution is -2.22. The van der Waals surface area contributed by atoms with Crippen LogP contribution in [-0.2, 0) is 16.2 Å². The number of benzene rings is 2. The largest absolute Gasteiger partial charge is 0.491 e. The summed E-state index contributed by atoms with van der Waals surface area (Å²) in [4.78, 5) is 12.5. The van der Waals surface area contributed by atoms with Crippen molar-refractivity contribution in [2.75, 3.05) is 26.0 Å². The van der Waals surface area contributed by atoms with E-state index in [-0.39, 0.29) is 28.5 Å². The Hall–Kier alpha value is -2.59. The lowest BCUT2D eigenvalue weighted by molar-refractivity contribution is -0.137. The number of rotatable bonds is 7. The maximum absolute atomic E-state index is 13.0. The summed E-state index contributed by atoms with van der Waals surface area (Å²) in [5.74, 6) is -0.584. The first kappa shape index (κ1) is 22.7. The second-order valence-electron chi connectivity index (χ2n) is 6.32. The number of carbonyl (C=O) groups excluding carboxylic acids is 1. The zero-order valence-corrected chi connectivity index (χ0v) is 16.9. The molecule has 2 aromatic rings. The summed E-state index contributed by atoms with van der Waals surface area (Å²) in [5, 5.41) is 2.41. The van der Waals surface area contributed by atoms with E-state index >= 15 is 0 Å². The van der Waals surface area contributed by atoms with Gasteiger partial charge in [-0.05, 0) is 48.9 Å². The van der Waals surface area contributed by atoms with Gasteiger partial charge in [0.1, 0.15) is 5.75 Å². The SMILES string of the molecule is CCCOc1ccc(C(F)(F)F)cc1NC(=O)c1ccc(S(=O)(=O)N(C)C)cc1. The third kappa shape index (κ3) is 5.48. The standard InChI is InChI=1S/C19H21F3N2O4S/c1-4-11-28-17-10-7-14(19(20,21)22)12-16(17)23-18(25)13-5-8-15(9-6-13)29(26,27)24(2)3/h5-10,12H,4,11H2,1-3H3,(H,23,25). The predicted octanol–water partition coefficient (Wildman–Crippen LogP) is 4.00. The van der Waals surface area contributed by atoms with Gasteiger partial charge in [-0.3, -0.25) is 4.79 Å². The van der Waals surface area contributed by atoms with Crippen LogP contribution in [0.2, 0.25) is 0 Å². The molecule has 0 aliphatic rings. The van der Waals surface area contributed by atoms with Crippen LogP contribution in [-0.4, -0.2) is 39.3 Å². The summed E-state index contributed by atoms with van der Waals surface area (Å²) < 4.78 is 69.7. The number of amides is 1. The molecule has 0 heterocycles. The van der Waals surface area contributed by atoms with Crippen LogP contribution in [0, 0.1) is 0 Å². The van der Waals surface area contributed by atoms with Crippen molar-refractivity contribution >= 4 is 21.6 Å². The Morgan fingerprint density at radius 1 is 1.10 bits per heavy atom. The molecule has 0 fully saturated rings. The number of hydrogen-bond donors (Lipinski definition) is 1. The zero-order valence-electron chi connectivity index (χ0n) is 16.1. The number of alkyl halides is 3. The lowest BCUT2D eigenvalue weighted by Gasteiger charge is -2.15. The predicted molar refractivity (Wildman–Crippen MR) is 102 cm³/mol. The number of anilines is 1. The van der Waals surface area contributed by atoms with E-state index in [1.54, 1.807) is 0 Å². The zero-order chi connectivity index (χ0) is 21.8. The molecule has 0 radical (unpaired) electrons. The van der Waals surface area contributed by atoms with Crippen LogP contribution in [0.25, 0.3) is 0 Å². The van der Waals surface area contributed by atoms with E-state index in [1.165, 1.54) is 38.4 Å². The van der Waals surface area contributed by atoms with Gasteiger partial charge in [-0.25, -0.2) is 12.7 Å². The summed E-state index contributed by atoms with van der Waals surface area (Å²) in [6.07, 6.45) is -3.94. The van der Waals surface area contributed by atoms with Crippen LogP contribution in [0.5, 0.6) is 5.75 Å². The molecular weight excluding hydrogens is 409 g/mol. The van der Waals surface area contributed by atoms with Crippen molar-refractivity contribution in [3.63, 3.8) is 0 Å². The van der Waals surface area contributed by atoms with E-state index in [2.05, 4.69) is 5.32 Å². The Labute approximate surface area is 167 Å². The fourth-order valence-electron chi connectivity index (χ4n) is 2.33. The minimum atomic E-state index is -4.58. The van der Waals surface area contributed by atoms with Crippen molar-refractivity contribution in [1.82, 2.24) is 4.31 Å². The molecule has 1 amide bonds. The molecule has 6 nitrogen and oxygen atoms in total. The maximum atomic E-state index is 13.0. The highest BCUT2D eigenvalue weighted by molar-refractivity contribution is 7.89. The fourth-order valence-corrected chi connectivity index (χ4v) is 3.23.